The maximum absolute atomic E-state index is 8.46. The van der Waals surface area contributed by atoms with E-state index in [0.29, 0.717) is 5.75 Å². The van der Waals surface area contributed by atoms with Gasteiger partial charge >= 0.3 is 0 Å². The van der Waals surface area contributed by atoms with Crippen LogP contribution < -0.4 is 4.52 Å². The van der Waals surface area contributed by atoms with Crippen molar-refractivity contribution in [1.29, 1.82) is 0 Å². The lowest BCUT2D eigenvalue weighted by Gasteiger charge is -2.05. The summed E-state index contributed by atoms with van der Waals surface area (Å²) in [5.74, 6) is 0.652. The third-order valence-electron chi connectivity index (χ3n) is 1.03. The van der Waals surface area contributed by atoms with E-state index in [0.717, 1.165) is 0 Å². The van der Waals surface area contributed by atoms with Gasteiger partial charge in [0.1, 0.15) is 14.6 Å². The molecule has 0 heterocycles. The lowest BCUT2D eigenvalue weighted by molar-refractivity contribution is 0.0324. The van der Waals surface area contributed by atoms with Crippen LogP contribution in [-0.2, 0) is 0 Å². The van der Waals surface area contributed by atoms with Crippen molar-refractivity contribution in [2.24, 2.45) is 0 Å². The monoisotopic (exact) mass is 172 g/mol. The van der Waals surface area contributed by atoms with E-state index in [-0.39, 0.29) is 8.81 Å². The molecular weight excluding hydrogens is 163 g/mol. The second-order valence-electron chi connectivity index (χ2n) is 1.91. The highest BCUT2D eigenvalue weighted by atomic mass is 31.1. The van der Waals surface area contributed by atoms with Gasteiger partial charge in [-0.15, -0.1) is 0 Å². The summed E-state index contributed by atoms with van der Waals surface area (Å²) in [6.07, 6.45) is 0. The van der Waals surface area contributed by atoms with Crippen LogP contribution in [0.5, 0.6) is 5.75 Å². The van der Waals surface area contributed by atoms with Gasteiger partial charge in [0.05, 0.1) is 0 Å². The molecule has 0 radical (unpaired) electrons. The van der Waals surface area contributed by atoms with Crippen LogP contribution in [0.1, 0.15) is 0 Å². The SMILES string of the molecule is OC(O)POc1ccccc1. The Balaban J connectivity index is 2.39. The third-order valence-corrected chi connectivity index (χ3v) is 1.59. The zero-order chi connectivity index (χ0) is 8.10. The van der Waals surface area contributed by atoms with Gasteiger partial charge in [-0.3, -0.25) is 0 Å². The molecule has 4 heteroatoms. The normalized spacial score (nSPS) is 11.2. The Hall–Kier alpha value is -0.630. The summed E-state index contributed by atoms with van der Waals surface area (Å²) in [5, 5.41) is 16.9. The molecule has 0 bridgehead atoms. The summed E-state index contributed by atoms with van der Waals surface area (Å²) < 4.78 is 5.00. The van der Waals surface area contributed by atoms with E-state index < -0.39 is 6.03 Å². The molecule has 0 amide bonds. The van der Waals surface area contributed by atoms with Gasteiger partial charge in [0, 0.05) is 0 Å². The molecule has 3 nitrogen and oxygen atoms in total. The van der Waals surface area contributed by atoms with E-state index in [9.17, 15) is 0 Å². The molecular formula is C7H9O3P. The predicted octanol–water partition coefficient (Wildman–Crippen LogP) is 0.927. The molecule has 1 unspecified atom stereocenters. The van der Waals surface area contributed by atoms with Gasteiger partial charge in [-0.05, 0) is 12.1 Å². The van der Waals surface area contributed by atoms with Crippen LogP contribution in [0, 0.1) is 0 Å². The number of aliphatic hydroxyl groups is 2. The van der Waals surface area contributed by atoms with Gasteiger partial charge in [-0.1, -0.05) is 18.2 Å². The van der Waals surface area contributed by atoms with Crippen LogP contribution in [0.25, 0.3) is 0 Å². The first kappa shape index (κ1) is 8.47. The van der Waals surface area contributed by atoms with E-state index in [2.05, 4.69) is 0 Å². The minimum Gasteiger partial charge on any atom is -0.472 e. The van der Waals surface area contributed by atoms with Crippen molar-refractivity contribution in [3.05, 3.63) is 30.3 Å². The standard InChI is InChI=1S/C7H9O3P/c8-7(9)11-10-6-4-2-1-3-5-6/h1-5,7-9,11H. The summed E-state index contributed by atoms with van der Waals surface area (Å²) in [6, 6.07) is 7.65. The molecule has 0 saturated carbocycles. The number of hydrogen-bond acceptors (Lipinski definition) is 3. The topological polar surface area (TPSA) is 49.7 Å². The van der Waals surface area contributed by atoms with Crippen LogP contribution in [0.3, 0.4) is 0 Å². The average Bonchev–Trinajstić information content (AvgIpc) is 2.03. The summed E-state index contributed by atoms with van der Waals surface area (Å²) >= 11 is 0. The van der Waals surface area contributed by atoms with Gasteiger partial charge in [-0.2, -0.15) is 0 Å². The smallest absolute Gasteiger partial charge is 0.205 e. The Labute approximate surface area is 66.5 Å². The van der Waals surface area contributed by atoms with Crippen LogP contribution in [0.2, 0.25) is 0 Å². The third kappa shape index (κ3) is 3.33. The van der Waals surface area contributed by atoms with E-state index in [1.54, 1.807) is 12.1 Å². The largest absolute Gasteiger partial charge is 0.472 e. The van der Waals surface area contributed by atoms with Crippen LogP contribution >= 0.6 is 8.81 Å². The van der Waals surface area contributed by atoms with Crippen molar-refractivity contribution < 1.29 is 14.7 Å². The fourth-order valence-electron chi connectivity index (χ4n) is 0.609. The minimum absolute atomic E-state index is 0.323. The maximum atomic E-state index is 8.46. The van der Waals surface area contributed by atoms with Crippen molar-refractivity contribution in [2.45, 2.75) is 6.03 Å². The summed E-state index contributed by atoms with van der Waals surface area (Å²) in [7, 11) is -0.323. The highest BCUT2D eigenvalue weighted by molar-refractivity contribution is 7.33. The molecule has 0 saturated heterocycles. The average molecular weight is 172 g/mol. The molecule has 0 aliphatic heterocycles. The molecule has 0 fully saturated rings. The van der Waals surface area contributed by atoms with Crippen molar-refractivity contribution in [3.8, 4) is 5.75 Å². The molecule has 60 valence electrons. The van der Waals surface area contributed by atoms with Gasteiger partial charge in [0.2, 0.25) is 6.03 Å². The second-order valence-corrected chi connectivity index (χ2v) is 2.86. The summed E-state index contributed by atoms with van der Waals surface area (Å²) in [5.41, 5.74) is 0. The molecule has 1 atom stereocenters. The number of para-hydroxylation sites is 1. The molecule has 1 aromatic carbocycles. The molecule has 2 N–H and O–H groups in total. The van der Waals surface area contributed by atoms with Crippen molar-refractivity contribution in [2.75, 3.05) is 0 Å². The molecule has 0 aliphatic carbocycles. The van der Waals surface area contributed by atoms with Crippen molar-refractivity contribution in [3.63, 3.8) is 0 Å². The first-order valence-electron chi connectivity index (χ1n) is 3.12. The number of hydrogen-bond donors (Lipinski definition) is 2. The lowest BCUT2D eigenvalue weighted by atomic mass is 10.3. The molecule has 1 aromatic rings. The van der Waals surface area contributed by atoms with Gasteiger partial charge in [0.25, 0.3) is 0 Å². The highest BCUT2D eigenvalue weighted by Gasteiger charge is 1.97. The number of benzene rings is 1. The summed E-state index contributed by atoms with van der Waals surface area (Å²) in [6.45, 7) is 0. The number of aliphatic hydroxyl groups excluding tert-OH is 1. The van der Waals surface area contributed by atoms with Gasteiger partial charge < -0.3 is 14.7 Å². The van der Waals surface area contributed by atoms with Crippen molar-refractivity contribution >= 4 is 8.81 Å². The summed E-state index contributed by atoms with van der Waals surface area (Å²) in [4.78, 5) is 0. The fraction of sp³-hybridized carbons (Fsp3) is 0.143. The Morgan fingerprint density at radius 2 is 1.82 bits per heavy atom. The molecule has 0 aliphatic rings. The molecule has 0 spiro atoms. The second kappa shape index (κ2) is 4.29. The zero-order valence-electron chi connectivity index (χ0n) is 5.77. The quantitative estimate of drug-likeness (QED) is 0.526. The van der Waals surface area contributed by atoms with Gasteiger partial charge in [-0.25, -0.2) is 0 Å². The van der Waals surface area contributed by atoms with Crippen molar-refractivity contribution in [1.82, 2.24) is 0 Å². The Morgan fingerprint density at radius 3 is 2.36 bits per heavy atom. The first-order valence-corrected chi connectivity index (χ1v) is 4.11. The maximum Gasteiger partial charge on any atom is 0.205 e. The van der Waals surface area contributed by atoms with Crippen LogP contribution in [0.15, 0.2) is 30.3 Å². The van der Waals surface area contributed by atoms with Gasteiger partial charge in [0.15, 0.2) is 0 Å². The Bertz CT molecular complexity index is 200. The lowest BCUT2D eigenvalue weighted by Crippen LogP contribution is -1.96. The highest BCUT2D eigenvalue weighted by Crippen LogP contribution is 2.21. The van der Waals surface area contributed by atoms with E-state index in [4.69, 9.17) is 14.7 Å². The van der Waals surface area contributed by atoms with E-state index in [1.165, 1.54) is 0 Å². The van der Waals surface area contributed by atoms with E-state index >= 15 is 0 Å². The fourth-order valence-corrected chi connectivity index (χ4v) is 0.987. The first-order chi connectivity index (χ1) is 5.29. The predicted molar refractivity (Wildman–Crippen MR) is 43.6 cm³/mol. The minimum atomic E-state index is -1.38. The Morgan fingerprint density at radius 1 is 1.18 bits per heavy atom. The molecule has 0 aromatic heterocycles. The molecule has 11 heavy (non-hydrogen) atoms. The van der Waals surface area contributed by atoms with Crippen LogP contribution in [0.4, 0.5) is 0 Å². The molecule has 1 rings (SSSR count). The van der Waals surface area contributed by atoms with E-state index in [1.807, 2.05) is 18.2 Å². The Kier molecular flexibility index (Phi) is 3.30. The zero-order valence-corrected chi connectivity index (χ0v) is 6.77. The number of rotatable bonds is 3. The van der Waals surface area contributed by atoms with Crippen LogP contribution in [-0.4, -0.2) is 16.2 Å².